The van der Waals surface area contributed by atoms with E-state index in [0.29, 0.717) is 17.5 Å². The number of ether oxygens (including phenoxy) is 1. The lowest BCUT2D eigenvalue weighted by atomic mass is 10.0. The van der Waals surface area contributed by atoms with Crippen LogP contribution >= 0.6 is 0 Å². The number of furan rings is 1. The molecule has 1 amide bonds. The molecule has 7 heteroatoms. The molecule has 2 aromatic carbocycles. The summed E-state index contributed by atoms with van der Waals surface area (Å²) in [6.07, 6.45) is 0. The third kappa shape index (κ3) is 3.32. The zero-order valence-electron chi connectivity index (χ0n) is 17.6. The third-order valence-electron chi connectivity index (χ3n) is 5.22. The highest BCUT2D eigenvalue weighted by molar-refractivity contribution is 6.00. The molecule has 0 bridgehead atoms. The Morgan fingerprint density at radius 3 is 2.47 bits per heavy atom. The molecule has 0 saturated carbocycles. The molecular weight excluding hydrogens is 382 g/mol. The summed E-state index contributed by atoms with van der Waals surface area (Å²) in [6.45, 7) is 7.56. The van der Waals surface area contributed by atoms with E-state index in [1.165, 1.54) is 0 Å². The largest absolute Gasteiger partial charge is 0.496 e. The fourth-order valence-corrected chi connectivity index (χ4v) is 3.71. The average molecular weight is 405 g/mol. The maximum atomic E-state index is 13.3. The van der Waals surface area contributed by atoms with E-state index >= 15 is 0 Å². The van der Waals surface area contributed by atoms with Crippen molar-refractivity contribution in [3.63, 3.8) is 0 Å². The number of aryl methyl sites for hydroxylation is 4. The number of para-hydroxylation sites is 1. The zero-order chi connectivity index (χ0) is 21.4. The molecular formula is C23H23N3O4. The van der Waals surface area contributed by atoms with E-state index in [4.69, 9.17) is 13.7 Å². The second-order valence-electron chi connectivity index (χ2n) is 7.28. The molecule has 0 radical (unpaired) electrons. The van der Waals surface area contributed by atoms with Gasteiger partial charge in [0.2, 0.25) is 5.89 Å². The van der Waals surface area contributed by atoms with Gasteiger partial charge in [-0.3, -0.25) is 4.79 Å². The second kappa shape index (κ2) is 7.67. The summed E-state index contributed by atoms with van der Waals surface area (Å²) in [5, 5.41) is 7.98. The second-order valence-corrected chi connectivity index (χ2v) is 7.28. The number of rotatable bonds is 5. The molecule has 0 spiro atoms. The van der Waals surface area contributed by atoms with Gasteiger partial charge in [0.1, 0.15) is 17.4 Å². The molecule has 0 aliphatic rings. The highest BCUT2D eigenvalue weighted by atomic mass is 16.5. The Balaban J connectivity index is 1.78. The Hall–Kier alpha value is -3.61. The van der Waals surface area contributed by atoms with Crippen molar-refractivity contribution in [1.82, 2.24) is 15.5 Å². The fraction of sp³-hybridized carbons (Fsp3) is 0.261. The van der Waals surface area contributed by atoms with Crippen LogP contribution in [-0.2, 0) is 0 Å². The number of nitrogens with zero attached hydrogens (tertiary/aromatic N) is 2. The monoisotopic (exact) mass is 405 g/mol. The lowest BCUT2D eigenvalue weighted by Gasteiger charge is -2.18. The number of aromatic nitrogens is 2. The van der Waals surface area contributed by atoms with Gasteiger partial charge >= 0.3 is 0 Å². The first kappa shape index (κ1) is 19.7. The van der Waals surface area contributed by atoms with E-state index in [0.717, 1.165) is 33.2 Å². The van der Waals surface area contributed by atoms with Gasteiger partial charge in [-0.25, -0.2) is 0 Å². The van der Waals surface area contributed by atoms with Gasteiger partial charge in [0, 0.05) is 23.4 Å². The molecule has 7 nitrogen and oxygen atoms in total. The SMILES string of the molecule is COc1ccccc1[C@H](NC(=O)c1oc2c(C)ccc(C)c2c1C)c1noc(C)n1. The first-order valence-electron chi connectivity index (χ1n) is 9.64. The summed E-state index contributed by atoms with van der Waals surface area (Å²) >= 11 is 0. The number of amides is 1. The molecule has 2 heterocycles. The van der Waals surface area contributed by atoms with Crippen LogP contribution < -0.4 is 10.1 Å². The van der Waals surface area contributed by atoms with Gasteiger partial charge in [-0.15, -0.1) is 0 Å². The van der Waals surface area contributed by atoms with E-state index in [1.54, 1.807) is 14.0 Å². The smallest absolute Gasteiger partial charge is 0.288 e. The van der Waals surface area contributed by atoms with Gasteiger partial charge in [-0.2, -0.15) is 4.98 Å². The summed E-state index contributed by atoms with van der Waals surface area (Å²) in [7, 11) is 1.58. The first-order chi connectivity index (χ1) is 14.4. The van der Waals surface area contributed by atoms with Crippen LogP contribution in [0.1, 0.15) is 50.6 Å². The van der Waals surface area contributed by atoms with Crippen LogP contribution in [0.3, 0.4) is 0 Å². The Morgan fingerprint density at radius 1 is 1.07 bits per heavy atom. The number of hydrogen-bond donors (Lipinski definition) is 1. The molecule has 0 saturated heterocycles. The van der Waals surface area contributed by atoms with E-state index in [-0.39, 0.29) is 11.7 Å². The Bertz CT molecular complexity index is 1240. The van der Waals surface area contributed by atoms with E-state index in [2.05, 4.69) is 15.5 Å². The van der Waals surface area contributed by atoms with Crippen molar-refractivity contribution in [2.75, 3.05) is 7.11 Å². The minimum Gasteiger partial charge on any atom is -0.496 e. The van der Waals surface area contributed by atoms with Crippen LogP contribution in [0.2, 0.25) is 0 Å². The summed E-state index contributed by atoms with van der Waals surface area (Å²) in [4.78, 5) is 17.6. The Labute approximate surface area is 174 Å². The molecule has 0 aliphatic carbocycles. The number of methoxy groups -OCH3 is 1. The summed E-state index contributed by atoms with van der Waals surface area (Å²) in [5.74, 6) is 1.26. The average Bonchev–Trinajstić information content (AvgIpc) is 3.33. The minimum absolute atomic E-state index is 0.266. The maximum absolute atomic E-state index is 13.3. The topological polar surface area (TPSA) is 90.4 Å². The number of nitrogens with one attached hydrogen (secondary N) is 1. The van der Waals surface area contributed by atoms with Crippen LogP contribution in [0.5, 0.6) is 5.75 Å². The zero-order valence-corrected chi connectivity index (χ0v) is 17.6. The number of fused-ring (bicyclic) bond motifs is 1. The first-order valence-corrected chi connectivity index (χ1v) is 9.64. The van der Waals surface area contributed by atoms with Gasteiger partial charge < -0.3 is 19.0 Å². The number of benzene rings is 2. The normalized spacial score (nSPS) is 12.2. The number of hydrogen-bond acceptors (Lipinski definition) is 6. The lowest BCUT2D eigenvalue weighted by Crippen LogP contribution is -2.30. The van der Waals surface area contributed by atoms with Crippen molar-refractivity contribution in [3.8, 4) is 5.75 Å². The Morgan fingerprint density at radius 2 is 1.80 bits per heavy atom. The van der Waals surface area contributed by atoms with Crippen LogP contribution in [0.4, 0.5) is 0 Å². The number of carbonyl (C=O) groups excluding carboxylic acids is 1. The highest BCUT2D eigenvalue weighted by Crippen LogP contribution is 2.32. The lowest BCUT2D eigenvalue weighted by molar-refractivity contribution is 0.0914. The molecule has 1 atom stereocenters. The van der Waals surface area contributed by atoms with E-state index in [1.807, 2.05) is 57.2 Å². The summed E-state index contributed by atoms with van der Waals surface area (Å²) in [6, 6.07) is 10.8. The van der Waals surface area contributed by atoms with Crippen LogP contribution in [-0.4, -0.2) is 23.2 Å². The molecule has 4 aromatic rings. The fourth-order valence-electron chi connectivity index (χ4n) is 3.71. The third-order valence-corrected chi connectivity index (χ3v) is 5.22. The molecule has 0 unspecified atom stereocenters. The number of carbonyl (C=O) groups is 1. The van der Waals surface area contributed by atoms with Crippen molar-refractivity contribution in [1.29, 1.82) is 0 Å². The van der Waals surface area contributed by atoms with Crippen molar-refractivity contribution < 1.29 is 18.5 Å². The van der Waals surface area contributed by atoms with Gasteiger partial charge in [0.25, 0.3) is 5.91 Å². The molecule has 0 fully saturated rings. The minimum atomic E-state index is -0.666. The van der Waals surface area contributed by atoms with E-state index in [9.17, 15) is 4.79 Å². The summed E-state index contributed by atoms with van der Waals surface area (Å²) in [5.41, 5.74) is 4.28. The van der Waals surface area contributed by atoms with E-state index < -0.39 is 6.04 Å². The van der Waals surface area contributed by atoms with Crippen molar-refractivity contribution in [2.24, 2.45) is 0 Å². The molecule has 30 heavy (non-hydrogen) atoms. The molecule has 1 N–H and O–H groups in total. The molecule has 0 aliphatic heterocycles. The van der Waals surface area contributed by atoms with Crippen LogP contribution in [0, 0.1) is 27.7 Å². The Kier molecular flexibility index (Phi) is 5.03. The predicted octanol–water partition coefficient (Wildman–Crippen LogP) is 4.58. The highest BCUT2D eigenvalue weighted by Gasteiger charge is 2.28. The van der Waals surface area contributed by atoms with Crippen LogP contribution in [0.25, 0.3) is 11.0 Å². The van der Waals surface area contributed by atoms with Gasteiger partial charge in [0.05, 0.1) is 7.11 Å². The van der Waals surface area contributed by atoms with Crippen molar-refractivity contribution >= 4 is 16.9 Å². The summed E-state index contributed by atoms with van der Waals surface area (Å²) < 4.78 is 16.6. The van der Waals surface area contributed by atoms with Gasteiger partial charge in [-0.1, -0.05) is 35.5 Å². The van der Waals surface area contributed by atoms with Gasteiger partial charge in [0.15, 0.2) is 11.6 Å². The van der Waals surface area contributed by atoms with Crippen molar-refractivity contribution in [2.45, 2.75) is 33.7 Å². The predicted molar refractivity (Wildman–Crippen MR) is 112 cm³/mol. The van der Waals surface area contributed by atoms with Crippen molar-refractivity contribution in [3.05, 3.63) is 76.1 Å². The molecule has 2 aromatic heterocycles. The maximum Gasteiger partial charge on any atom is 0.288 e. The van der Waals surface area contributed by atoms with Gasteiger partial charge in [-0.05, 0) is 38.0 Å². The molecule has 154 valence electrons. The van der Waals surface area contributed by atoms with Crippen LogP contribution in [0.15, 0.2) is 45.3 Å². The quantitative estimate of drug-likeness (QED) is 0.523. The standard InChI is InChI=1S/C23H23N3O4/c1-12-10-11-13(2)20-18(12)14(3)21(29-20)23(27)25-19(22-24-15(4)30-26-22)16-8-6-7-9-17(16)28-5/h6-11,19H,1-5H3,(H,25,27)/t19-/m0/s1. The molecule has 4 rings (SSSR count).